The van der Waals surface area contributed by atoms with Crippen molar-refractivity contribution in [3.05, 3.63) is 11.9 Å². The van der Waals surface area contributed by atoms with Gasteiger partial charge in [-0.05, 0) is 38.2 Å². The molecule has 0 unspecified atom stereocenters. The maximum absolute atomic E-state index is 4.09. The van der Waals surface area contributed by atoms with E-state index in [1.807, 2.05) is 22.6 Å². The Morgan fingerprint density at radius 2 is 2.31 bits per heavy atom. The Kier molecular flexibility index (Phi) is 4.90. The average molecular weight is 199 g/mol. The van der Waals surface area contributed by atoms with E-state index in [4.69, 9.17) is 0 Å². The molecule has 0 amide bonds. The van der Waals surface area contributed by atoms with Crippen LogP contribution >= 0.6 is 11.8 Å². The van der Waals surface area contributed by atoms with Crippen molar-refractivity contribution >= 4 is 11.8 Å². The summed E-state index contributed by atoms with van der Waals surface area (Å²) >= 11 is 1.91. The Balaban J connectivity index is 2.20. The minimum atomic E-state index is 0.914. The molecule has 3 nitrogen and oxygen atoms in total. The first-order valence-electron chi connectivity index (χ1n) is 4.74. The van der Waals surface area contributed by atoms with E-state index in [0.29, 0.717) is 0 Å². The Hall–Kier alpha value is -0.510. The van der Waals surface area contributed by atoms with E-state index in [1.54, 1.807) is 0 Å². The number of thioether (sulfide) groups is 1. The first kappa shape index (κ1) is 10.6. The summed E-state index contributed by atoms with van der Waals surface area (Å²) in [5.74, 6) is 1.25. The fraction of sp³-hybridized carbons (Fsp3) is 0.778. The van der Waals surface area contributed by atoms with Crippen LogP contribution in [-0.4, -0.2) is 27.0 Å². The van der Waals surface area contributed by atoms with Crippen LogP contribution in [0.25, 0.3) is 0 Å². The van der Waals surface area contributed by atoms with Gasteiger partial charge in [0.15, 0.2) is 0 Å². The van der Waals surface area contributed by atoms with Gasteiger partial charge in [-0.15, -0.1) is 5.10 Å². The van der Waals surface area contributed by atoms with E-state index in [9.17, 15) is 0 Å². The molecule has 0 radical (unpaired) electrons. The van der Waals surface area contributed by atoms with Crippen molar-refractivity contribution in [1.29, 1.82) is 0 Å². The molecule has 74 valence electrons. The van der Waals surface area contributed by atoms with Crippen LogP contribution < -0.4 is 0 Å². The minimum absolute atomic E-state index is 0.914. The van der Waals surface area contributed by atoms with Crippen LogP contribution in [0.5, 0.6) is 0 Å². The van der Waals surface area contributed by atoms with Gasteiger partial charge in [0.2, 0.25) is 0 Å². The van der Waals surface area contributed by atoms with Gasteiger partial charge >= 0.3 is 0 Å². The van der Waals surface area contributed by atoms with Crippen LogP contribution in [-0.2, 0) is 13.0 Å². The van der Waals surface area contributed by atoms with E-state index >= 15 is 0 Å². The van der Waals surface area contributed by atoms with Crippen LogP contribution in [0.4, 0.5) is 0 Å². The fourth-order valence-electron chi connectivity index (χ4n) is 1.16. The monoisotopic (exact) mass is 199 g/mol. The van der Waals surface area contributed by atoms with Gasteiger partial charge < -0.3 is 0 Å². The molecule has 0 aromatic carbocycles. The van der Waals surface area contributed by atoms with Crippen molar-refractivity contribution in [3.8, 4) is 0 Å². The van der Waals surface area contributed by atoms with E-state index < -0.39 is 0 Å². The summed E-state index contributed by atoms with van der Waals surface area (Å²) < 4.78 is 1.88. The van der Waals surface area contributed by atoms with Crippen molar-refractivity contribution < 1.29 is 0 Å². The summed E-state index contributed by atoms with van der Waals surface area (Å²) in [6.45, 7) is 2.99. The zero-order valence-electron chi connectivity index (χ0n) is 8.36. The molecule has 0 saturated carbocycles. The number of aryl methyl sites for hydroxylation is 2. The second-order valence-corrected chi connectivity index (χ2v) is 4.00. The predicted molar refractivity (Wildman–Crippen MR) is 57.0 cm³/mol. The largest absolute Gasteiger partial charge is 0.253 e. The molecular formula is C9H17N3S. The highest BCUT2D eigenvalue weighted by Gasteiger charge is 1.98. The smallest absolute Gasteiger partial charge is 0.0827 e. The molecule has 1 rings (SSSR count). The number of rotatable bonds is 6. The maximum Gasteiger partial charge on any atom is 0.0827 e. The molecule has 1 heterocycles. The zero-order valence-corrected chi connectivity index (χ0v) is 9.18. The SMILES string of the molecule is CCn1cc(CCCCSC)nn1. The van der Waals surface area contributed by atoms with Crippen LogP contribution in [0.1, 0.15) is 25.5 Å². The highest BCUT2D eigenvalue weighted by Crippen LogP contribution is 2.04. The molecule has 0 aliphatic heterocycles. The van der Waals surface area contributed by atoms with Crippen LogP contribution in [0, 0.1) is 0 Å². The highest BCUT2D eigenvalue weighted by molar-refractivity contribution is 7.98. The van der Waals surface area contributed by atoms with Crippen molar-refractivity contribution in [3.63, 3.8) is 0 Å². The lowest BCUT2D eigenvalue weighted by atomic mass is 10.2. The quantitative estimate of drug-likeness (QED) is 0.656. The molecule has 0 atom stereocenters. The first-order valence-corrected chi connectivity index (χ1v) is 6.14. The molecule has 0 spiro atoms. The number of unbranched alkanes of at least 4 members (excludes halogenated alkanes) is 1. The maximum atomic E-state index is 4.09. The Bertz CT molecular complexity index is 235. The summed E-state index contributed by atoms with van der Waals surface area (Å²) in [5, 5.41) is 8.09. The highest BCUT2D eigenvalue weighted by atomic mass is 32.2. The molecule has 0 saturated heterocycles. The number of hydrogen-bond donors (Lipinski definition) is 0. The van der Waals surface area contributed by atoms with E-state index in [2.05, 4.69) is 23.5 Å². The standard InChI is InChI=1S/C9H17N3S/c1-3-12-8-9(10-11-12)6-4-5-7-13-2/h8H,3-7H2,1-2H3. The summed E-state index contributed by atoms with van der Waals surface area (Å²) in [4.78, 5) is 0. The molecule has 0 aliphatic rings. The summed E-state index contributed by atoms with van der Waals surface area (Å²) in [6, 6.07) is 0. The molecule has 0 bridgehead atoms. The predicted octanol–water partition coefficient (Wildman–Crippen LogP) is 1.98. The van der Waals surface area contributed by atoms with E-state index in [1.165, 1.54) is 18.6 Å². The fourth-order valence-corrected chi connectivity index (χ4v) is 1.65. The lowest BCUT2D eigenvalue weighted by molar-refractivity contribution is 0.626. The van der Waals surface area contributed by atoms with Crippen molar-refractivity contribution in [2.45, 2.75) is 32.7 Å². The van der Waals surface area contributed by atoms with Crippen LogP contribution in [0.15, 0.2) is 6.20 Å². The number of nitrogens with zero attached hydrogens (tertiary/aromatic N) is 3. The molecule has 0 aliphatic carbocycles. The molecule has 13 heavy (non-hydrogen) atoms. The van der Waals surface area contributed by atoms with Gasteiger partial charge in [0.05, 0.1) is 5.69 Å². The van der Waals surface area contributed by atoms with E-state index in [-0.39, 0.29) is 0 Å². The van der Waals surface area contributed by atoms with Gasteiger partial charge in [0.1, 0.15) is 0 Å². The van der Waals surface area contributed by atoms with Gasteiger partial charge in [-0.3, -0.25) is 4.68 Å². The summed E-state index contributed by atoms with van der Waals surface area (Å²) in [7, 11) is 0. The molecule has 4 heteroatoms. The Morgan fingerprint density at radius 3 is 2.92 bits per heavy atom. The zero-order chi connectivity index (χ0) is 9.52. The van der Waals surface area contributed by atoms with Crippen LogP contribution in [0.2, 0.25) is 0 Å². The molecule has 0 N–H and O–H groups in total. The average Bonchev–Trinajstić information content (AvgIpc) is 2.60. The topological polar surface area (TPSA) is 30.7 Å². The Labute approximate surface area is 83.9 Å². The van der Waals surface area contributed by atoms with Crippen molar-refractivity contribution in [1.82, 2.24) is 15.0 Å². The summed E-state index contributed by atoms with van der Waals surface area (Å²) in [5.41, 5.74) is 1.13. The first-order chi connectivity index (χ1) is 6.36. The van der Waals surface area contributed by atoms with Crippen molar-refractivity contribution in [2.24, 2.45) is 0 Å². The molecule has 0 fully saturated rings. The summed E-state index contributed by atoms with van der Waals surface area (Å²) in [6.07, 6.45) is 7.76. The van der Waals surface area contributed by atoms with Gasteiger partial charge in [-0.1, -0.05) is 5.21 Å². The second-order valence-electron chi connectivity index (χ2n) is 3.02. The van der Waals surface area contributed by atoms with E-state index in [0.717, 1.165) is 18.7 Å². The number of aromatic nitrogens is 3. The Morgan fingerprint density at radius 1 is 1.46 bits per heavy atom. The van der Waals surface area contributed by atoms with Crippen LogP contribution in [0.3, 0.4) is 0 Å². The van der Waals surface area contributed by atoms with Gasteiger partial charge in [0, 0.05) is 12.7 Å². The number of hydrogen-bond acceptors (Lipinski definition) is 3. The lowest BCUT2D eigenvalue weighted by Gasteiger charge is -1.95. The third-order valence-corrected chi connectivity index (χ3v) is 2.64. The second kappa shape index (κ2) is 6.02. The van der Waals surface area contributed by atoms with Gasteiger partial charge in [-0.25, -0.2) is 0 Å². The molecule has 1 aromatic heterocycles. The molecular weight excluding hydrogens is 182 g/mol. The molecule has 1 aromatic rings. The normalized spacial score (nSPS) is 10.6. The van der Waals surface area contributed by atoms with Gasteiger partial charge in [0.25, 0.3) is 0 Å². The third kappa shape index (κ3) is 3.81. The minimum Gasteiger partial charge on any atom is -0.253 e. The lowest BCUT2D eigenvalue weighted by Crippen LogP contribution is -1.93. The van der Waals surface area contributed by atoms with Gasteiger partial charge in [-0.2, -0.15) is 11.8 Å². The van der Waals surface area contributed by atoms with Crippen molar-refractivity contribution in [2.75, 3.05) is 12.0 Å². The third-order valence-electron chi connectivity index (χ3n) is 1.94.